The zero-order valence-corrected chi connectivity index (χ0v) is 18.2. The molecule has 5 N–H and O–H groups in total. The van der Waals surface area contributed by atoms with Gasteiger partial charge in [0.15, 0.2) is 17.5 Å². The fourth-order valence-corrected chi connectivity index (χ4v) is 4.28. The highest BCUT2D eigenvalue weighted by molar-refractivity contribution is 6.31. The van der Waals surface area contributed by atoms with Gasteiger partial charge in [-0.3, -0.25) is 5.01 Å². The average Bonchev–Trinajstić information content (AvgIpc) is 3.17. The normalized spacial score (nSPS) is 24.7. The van der Waals surface area contributed by atoms with Crippen molar-refractivity contribution in [1.29, 1.82) is 0 Å². The minimum absolute atomic E-state index is 0.0861. The lowest BCUT2D eigenvalue weighted by Gasteiger charge is -2.38. The molecule has 0 saturated heterocycles. The van der Waals surface area contributed by atoms with Crippen molar-refractivity contribution in [1.82, 2.24) is 30.5 Å². The van der Waals surface area contributed by atoms with E-state index in [9.17, 15) is 9.18 Å². The van der Waals surface area contributed by atoms with Crippen LogP contribution in [0.2, 0.25) is 0 Å². The van der Waals surface area contributed by atoms with Crippen molar-refractivity contribution in [2.45, 2.75) is 43.9 Å². The van der Waals surface area contributed by atoms with Crippen molar-refractivity contribution in [2.24, 2.45) is 5.84 Å². The minimum atomic E-state index is -0.563. The van der Waals surface area contributed by atoms with Crippen LogP contribution in [0.1, 0.15) is 31.5 Å². The molecule has 1 aliphatic carbocycles. The Labute approximate surface area is 185 Å². The number of anilines is 1. The monoisotopic (exact) mass is 448 g/mol. The predicted molar refractivity (Wildman–Crippen MR) is 117 cm³/mol. The molecule has 11 heteroatoms. The zero-order chi connectivity index (χ0) is 22.1. The van der Waals surface area contributed by atoms with E-state index in [1.54, 1.807) is 26.5 Å². The molecule has 31 heavy (non-hydrogen) atoms. The Balaban J connectivity index is 1.57. The number of nitrogens with zero attached hydrogens (tertiary/aromatic N) is 4. The standard InChI is InChI=1S/C20H26ClFN8O/c1-29(2)20(31)30(23)16-6-4-3-5-15(16)27-19-14(22)10-26-18(28-19)13-9-25-17-12(13)7-11(21)8-24-17/h7-10,15-17,24-25H,3-6,23H2,1-2H3,(H,26,27,28). The third kappa shape index (κ3) is 4.31. The van der Waals surface area contributed by atoms with E-state index in [0.717, 1.165) is 43.0 Å². The summed E-state index contributed by atoms with van der Waals surface area (Å²) in [5.41, 5.74) is 1.61. The molecule has 1 aromatic rings. The average molecular weight is 449 g/mol. The summed E-state index contributed by atoms with van der Waals surface area (Å²) in [6, 6.07) is -0.791. The summed E-state index contributed by atoms with van der Waals surface area (Å²) in [7, 11) is 3.30. The fourth-order valence-electron chi connectivity index (χ4n) is 4.10. The number of hydrogen-bond acceptors (Lipinski definition) is 7. The highest BCUT2D eigenvalue weighted by Crippen LogP contribution is 2.32. The largest absolute Gasteiger partial charge is 0.367 e. The number of aromatic nitrogens is 2. The van der Waals surface area contributed by atoms with Gasteiger partial charge in [-0.1, -0.05) is 24.4 Å². The highest BCUT2D eigenvalue weighted by Gasteiger charge is 2.33. The van der Waals surface area contributed by atoms with Crippen molar-refractivity contribution in [2.75, 3.05) is 19.4 Å². The van der Waals surface area contributed by atoms with E-state index >= 15 is 0 Å². The van der Waals surface area contributed by atoms with Crippen molar-refractivity contribution in [3.8, 4) is 0 Å². The van der Waals surface area contributed by atoms with Crippen LogP contribution < -0.4 is 21.8 Å². The summed E-state index contributed by atoms with van der Waals surface area (Å²) >= 11 is 6.12. The van der Waals surface area contributed by atoms with Crippen molar-refractivity contribution in [3.05, 3.63) is 46.9 Å². The Morgan fingerprint density at radius 1 is 1.29 bits per heavy atom. The molecule has 4 rings (SSSR count). The number of dihydropyridines is 1. The smallest absolute Gasteiger partial charge is 0.333 e. The van der Waals surface area contributed by atoms with Gasteiger partial charge in [-0.15, -0.1) is 0 Å². The van der Waals surface area contributed by atoms with Crippen LogP contribution in [0.15, 0.2) is 35.3 Å². The molecule has 0 spiro atoms. The number of carbonyl (C=O) groups excluding carboxylic acids is 1. The van der Waals surface area contributed by atoms with Gasteiger partial charge < -0.3 is 20.9 Å². The first kappa shape index (κ1) is 21.4. The molecule has 3 heterocycles. The van der Waals surface area contributed by atoms with E-state index in [1.165, 1.54) is 9.91 Å². The van der Waals surface area contributed by atoms with Gasteiger partial charge in [0, 0.05) is 43.7 Å². The maximum atomic E-state index is 14.6. The molecule has 0 bridgehead atoms. The molecular weight excluding hydrogens is 423 g/mol. The molecule has 1 fully saturated rings. The van der Waals surface area contributed by atoms with E-state index in [2.05, 4.69) is 25.9 Å². The van der Waals surface area contributed by atoms with Crippen LogP contribution in [0.4, 0.5) is 15.0 Å². The SMILES string of the molecule is CN(C)C(=O)N(N)C1CCCCC1Nc1nc(C2=CNC3NC=C(Cl)C=C23)ncc1F. The Kier molecular flexibility index (Phi) is 6.01. The van der Waals surface area contributed by atoms with E-state index < -0.39 is 5.82 Å². The van der Waals surface area contributed by atoms with Gasteiger partial charge in [-0.25, -0.2) is 25.0 Å². The lowest BCUT2D eigenvalue weighted by atomic mass is 9.90. The number of hydrogen-bond donors (Lipinski definition) is 4. The maximum absolute atomic E-state index is 14.6. The van der Waals surface area contributed by atoms with Crippen LogP contribution >= 0.6 is 11.6 Å². The molecular formula is C20H26ClFN8O. The van der Waals surface area contributed by atoms with Crippen molar-refractivity contribution in [3.63, 3.8) is 0 Å². The molecule has 166 valence electrons. The Bertz CT molecular complexity index is 962. The van der Waals surface area contributed by atoms with Gasteiger partial charge in [0.05, 0.1) is 17.3 Å². The molecule has 2 amide bonds. The lowest BCUT2D eigenvalue weighted by Crippen LogP contribution is -2.57. The Morgan fingerprint density at radius 3 is 2.81 bits per heavy atom. The summed E-state index contributed by atoms with van der Waals surface area (Å²) in [4.78, 5) is 22.4. The number of hydrazine groups is 1. The molecule has 0 aromatic carbocycles. The molecule has 3 atom stereocenters. The first-order valence-electron chi connectivity index (χ1n) is 10.2. The number of rotatable bonds is 4. The fraction of sp³-hybridized carbons (Fsp3) is 0.450. The van der Waals surface area contributed by atoms with E-state index in [4.69, 9.17) is 17.4 Å². The molecule has 2 aliphatic heterocycles. The summed E-state index contributed by atoms with van der Waals surface area (Å²) in [5.74, 6) is 6.01. The molecule has 0 radical (unpaired) electrons. The predicted octanol–water partition coefficient (Wildman–Crippen LogP) is 2.08. The van der Waals surface area contributed by atoms with Gasteiger partial charge in [0.2, 0.25) is 0 Å². The van der Waals surface area contributed by atoms with E-state index in [1.807, 2.05) is 6.08 Å². The maximum Gasteiger partial charge on any atom is 0.333 e. The second kappa shape index (κ2) is 8.72. The number of nitrogens with one attached hydrogen (secondary N) is 3. The number of amides is 2. The van der Waals surface area contributed by atoms with Crippen LogP contribution in [0.25, 0.3) is 5.57 Å². The first-order chi connectivity index (χ1) is 14.8. The van der Waals surface area contributed by atoms with Crippen LogP contribution in [0, 0.1) is 5.82 Å². The van der Waals surface area contributed by atoms with E-state index in [-0.39, 0.29) is 30.1 Å². The number of nitrogens with two attached hydrogens (primary N) is 1. The van der Waals surface area contributed by atoms with Gasteiger partial charge in [-0.05, 0) is 18.9 Å². The summed E-state index contributed by atoms with van der Waals surface area (Å²) in [6.07, 6.45) is 9.71. The summed E-state index contributed by atoms with van der Waals surface area (Å²) < 4.78 is 14.6. The second-order valence-electron chi connectivity index (χ2n) is 8.03. The van der Waals surface area contributed by atoms with Crippen molar-refractivity contribution >= 4 is 29.0 Å². The lowest BCUT2D eigenvalue weighted by molar-refractivity contribution is 0.128. The summed E-state index contributed by atoms with van der Waals surface area (Å²) in [5, 5.41) is 11.3. The number of urea groups is 1. The third-order valence-electron chi connectivity index (χ3n) is 5.69. The van der Waals surface area contributed by atoms with Crippen LogP contribution in [-0.2, 0) is 0 Å². The van der Waals surface area contributed by atoms with Gasteiger partial charge in [-0.2, -0.15) is 0 Å². The quantitative estimate of drug-likeness (QED) is 0.317. The molecule has 3 unspecified atom stereocenters. The molecule has 9 nitrogen and oxygen atoms in total. The summed E-state index contributed by atoms with van der Waals surface area (Å²) in [6.45, 7) is 0. The topological polar surface area (TPSA) is 111 Å². The Morgan fingerprint density at radius 2 is 2.03 bits per heavy atom. The van der Waals surface area contributed by atoms with Crippen molar-refractivity contribution < 1.29 is 9.18 Å². The number of allylic oxidation sites excluding steroid dienone is 2. The Hall–Kier alpha value is -2.85. The van der Waals surface area contributed by atoms with E-state index in [0.29, 0.717) is 10.9 Å². The number of carbonyl (C=O) groups is 1. The third-order valence-corrected chi connectivity index (χ3v) is 5.91. The van der Waals surface area contributed by atoms with Gasteiger partial charge in [0.1, 0.15) is 6.17 Å². The van der Waals surface area contributed by atoms with Gasteiger partial charge in [0.25, 0.3) is 0 Å². The van der Waals surface area contributed by atoms with Crippen LogP contribution in [0.5, 0.6) is 0 Å². The molecule has 3 aliphatic rings. The van der Waals surface area contributed by atoms with Gasteiger partial charge >= 0.3 is 6.03 Å². The first-order valence-corrected chi connectivity index (χ1v) is 10.6. The van der Waals surface area contributed by atoms with Crippen LogP contribution in [-0.4, -0.2) is 58.3 Å². The number of halogens is 2. The zero-order valence-electron chi connectivity index (χ0n) is 17.4. The second-order valence-corrected chi connectivity index (χ2v) is 8.47. The highest BCUT2D eigenvalue weighted by atomic mass is 35.5. The van der Waals surface area contributed by atoms with Crippen LogP contribution in [0.3, 0.4) is 0 Å². The molecule has 1 saturated carbocycles. The number of fused-ring (bicyclic) bond motifs is 1. The minimum Gasteiger partial charge on any atom is -0.367 e. The molecule has 1 aromatic heterocycles.